The molecule has 25 heavy (non-hydrogen) atoms. The first-order valence-corrected chi connectivity index (χ1v) is 8.37. The second kappa shape index (κ2) is 7.75. The molecule has 1 amide bonds. The average Bonchev–Trinajstić information content (AvgIpc) is 2.67. The number of carbonyl (C=O) groups excluding carboxylic acids is 1. The molecule has 0 unspecified atom stereocenters. The highest BCUT2D eigenvalue weighted by atomic mass is 19.1. The fraction of sp³-hybridized carbons (Fsp3) is 0.136. The lowest BCUT2D eigenvalue weighted by molar-refractivity contribution is 0.0717. The van der Waals surface area contributed by atoms with Gasteiger partial charge in [0.1, 0.15) is 5.82 Å². The van der Waals surface area contributed by atoms with Crippen LogP contribution >= 0.6 is 0 Å². The van der Waals surface area contributed by atoms with Crippen LogP contribution in [-0.2, 0) is 0 Å². The third-order valence-electron chi connectivity index (χ3n) is 4.24. The van der Waals surface area contributed by atoms with Crippen molar-refractivity contribution in [3.05, 3.63) is 107 Å². The lowest BCUT2D eigenvalue weighted by Gasteiger charge is -2.32. The largest absolute Gasteiger partial charge is 0.328 e. The van der Waals surface area contributed by atoms with Gasteiger partial charge >= 0.3 is 0 Å². The zero-order chi connectivity index (χ0) is 17.6. The first-order chi connectivity index (χ1) is 12.2. The van der Waals surface area contributed by atoms with Gasteiger partial charge in [-0.25, -0.2) is 4.39 Å². The Morgan fingerprint density at radius 2 is 1.32 bits per heavy atom. The first kappa shape index (κ1) is 16.9. The van der Waals surface area contributed by atoms with Crippen molar-refractivity contribution >= 4 is 5.91 Å². The van der Waals surface area contributed by atoms with Gasteiger partial charge in [0.05, 0.1) is 6.04 Å². The molecule has 2 nitrogen and oxygen atoms in total. The number of halogens is 1. The Balaban J connectivity index is 2.04. The Hall–Kier alpha value is -2.94. The normalized spacial score (nSPS) is 10.7. The van der Waals surface area contributed by atoms with Gasteiger partial charge in [-0.2, -0.15) is 0 Å². The number of hydrogen-bond acceptors (Lipinski definition) is 1. The van der Waals surface area contributed by atoms with Crippen molar-refractivity contribution in [2.45, 2.75) is 13.0 Å². The Morgan fingerprint density at radius 3 is 1.76 bits per heavy atom. The molecular weight excluding hydrogens is 313 g/mol. The quantitative estimate of drug-likeness (QED) is 0.638. The standard InChI is InChI=1S/C22H20FNO/c1-2-24(22(25)19-13-15-20(23)16-14-19)21(17-9-5-3-6-10-17)18-11-7-4-8-12-18/h3-16,21H,2H2,1H3. The van der Waals surface area contributed by atoms with Crippen molar-refractivity contribution in [3.8, 4) is 0 Å². The van der Waals surface area contributed by atoms with E-state index in [-0.39, 0.29) is 17.8 Å². The van der Waals surface area contributed by atoms with Gasteiger partial charge in [0.2, 0.25) is 0 Å². The fourth-order valence-electron chi connectivity index (χ4n) is 3.02. The summed E-state index contributed by atoms with van der Waals surface area (Å²) in [5.74, 6) is -0.456. The molecule has 0 spiro atoms. The summed E-state index contributed by atoms with van der Waals surface area (Å²) in [5, 5.41) is 0. The molecule has 0 radical (unpaired) electrons. The first-order valence-electron chi connectivity index (χ1n) is 8.37. The lowest BCUT2D eigenvalue weighted by atomic mass is 9.96. The van der Waals surface area contributed by atoms with Gasteiger partial charge in [-0.15, -0.1) is 0 Å². The number of carbonyl (C=O) groups is 1. The summed E-state index contributed by atoms with van der Waals surface area (Å²) in [5.41, 5.74) is 2.58. The van der Waals surface area contributed by atoms with E-state index in [0.717, 1.165) is 11.1 Å². The number of rotatable bonds is 5. The molecule has 0 aliphatic rings. The van der Waals surface area contributed by atoms with Gasteiger partial charge in [-0.1, -0.05) is 60.7 Å². The molecule has 3 aromatic carbocycles. The topological polar surface area (TPSA) is 20.3 Å². The van der Waals surface area contributed by atoms with Gasteiger partial charge in [-0.05, 0) is 42.3 Å². The van der Waals surface area contributed by atoms with Crippen LogP contribution in [0.2, 0.25) is 0 Å². The summed E-state index contributed by atoms with van der Waals surface area (Å²) >= 11 is 0. The van der Waals surface area contributed by atoms with Crippen LogP contribution in [0.4, 0.5) is 4.39 Å². The summed E-state index contributed by atoms with van der Waals surface area (Å²) in [6.45, 7) is 2.50. The molecule has 0 N–H and O–H groups in total. The lowest BCUT2D eigenvalue weighted by Crippen LogP contribution is -2.35. The molecule has 3 aromatic rings. The van der Waals surface area contributed by atoms with Crippen LogP contribution in [0.3, 0.4) is 0 Å². The maximum absolute atomic E-state index is 13.2. The van der Waals surface area contributed by atoms with Crippen LogP contribution in [0.5, 0.6) is 0 Å². The molecule has 0 aliphatic heterocycles. The smallest absolute Gasteiger partial charge is 0.254 e. The highest BCUT2D eigenvalue weighted by Crippen LogP contribution is 2.29. The summed E-state index contributed by atoms with van der Waals surface area (Å²) < 4.78 is 13.2. The SMILES string of the molecule is CCN(C(=O)c1ccc(F)cc1)C(c1ccccc1)c1ccccc1. The molecule has 126 valence electrons. The molecule has 0 aliphatic carbocycles. The van der Waals surface area contributed by atoms with Gasteiger partial charge in [-0.3, -0.25) is 4.79 Å². The molecule has 0 saturated carbocycles. The van der Waals surface area contributed by atoms with E-state index in [2.05, 4.69) is 0 Å². The third-order valence-corrected chi connectivity index (χ3v) is 4.24. The van der Waals surface area contributed by atoms with Crippen LogP contribution in [0.15, 0.2) is 84.9 Å². The highest BCUT2D eigenvalue weighted by Gasteiger charge is 2.26. The van der Waals surface area contributed by atoms with E-state index in [0.29, 0.717) is 12.1 Å². The minimum atomic E-state index is -0.345. The van der Waals surface area contributed by atoms with Crippen molar-refractivity contribution in [3.63, 3.8) is 0 Å². The average molecular weight is 333 g/mol. The summed E-state index contributed by atoms with van der Waals surface area (Å²) in [6.07, 6.45) is 0. The minimum absolute atomic E-state index is 0.111. The number of benzene rings is 3. The van der Waals surface area contributed by atoms with Crippen LogP contribution in [-0.4, -0.2) is 17.4 Å². The molecule has 0 atom stereocenters. The van der Waals surface area contributed by atoms with Crippen LogP contribution in [0.25, 0.3) is 0 Å². The second-order valence-corrected chi connectivity index (χ2v) is 5.82. The van der Waals surface area contributed by atoms with Crippen LogP contribution < -0.4 is 0 Å². The van der Waals surface area contributed by atoms with E-state index in [1.165, 1.54) is 24.3 Å². The molecule has 0 bridgehead atoms. The van der Waals surface area contributed by atoms with Crippen molar-refractivity contribution in [1.82, 2.24) is 4.90 Å². The van der Waals surface area contributed by atoms with Crippen molar-refractivity contribution < 1.29 is 9.18 Å². The number of nitrogens with zero attached hydrogens (tertiary/aromatic N) is 1. The maximum atomic E-state index is 13.2. The second-order valence-electron chi connectivity index (χ2n) is 5.82. The van der Waals surface area contributed by atoms with Crippen molar-refractivity contribution in [2.75, 3.05) is 6.54 Å². The Bertz CT molecular complexity index is 776. The third kappa shape index (κ3) is 3.77. The zero-order valence-corrected chi connectivity index (χ0v) is 14.1. The molecular formula is C22H20FNO. The van der Waals surface area contributed by atoms with E-state index >= 15 is 0 Å². The van der Waals surface area contributed by atoms with Gasteiger partial charge < -0.3 is 4.90 Å². The van der Waals surface area contributed by atoms with Crippen molar-refractivity contribution in [1.29, 1.82) is 0 Å². The van der Waals surface area contributed by atoms with E-state index in [9.17, 15) is 9.18 Å². The molecule has 3 rings (SSSR count). The summed E-state index contributed by atoms with van der Waals surface area (Å²) in [4.78, 5) is 14.9. The van der Waals surface area contributed by atoms with Gasteiger partial charge in [0.15, 0.2) is 0 Å². The van der Waals surface area contributed by atoms with E-state index < -0.39 is 0 Å². The molecule has 0 aromatic heterocycles. The van der Waals surface area contributed by atoms with E-state index in [1.807, 2.05) is 72.5 Å². The minimum Gasteiger partial charge on any atom is -0.328 e. The van der Waals surface area contributed by atoms with E-state index in [4.69, 9.17) is 0 Å². The summed E-state index contributed by atoms with van der Waals surface area (Å²) in [6, 6.07) is 25.4. The molecule has 0 fully saturated rings. The number of hydrogen-bond donors (Lipinski definition) is 0. The Kier molecular flexibility index (Phi) is 5.24. The monoisotopic (exact) mass is 333 g/mol. The van der Waals surface area contributed by atoms with Crippen molar-refractivity contribution in [2.24, 2.45) is 0 Å². The molecule has 3 heteroatoms. The zero-order valence-electron chi connectivity index (χ0n) is 14.1. The van der Waals surface area contributed by atoms with Crippen LogP contribution in [0, 0.1) is 5.82 Å². The fourth-order valence-corrected chi connectivity index (χ4v) is 3.02. The predicted molar refractivity (Wildman–Crippen MR) is 97.8 cm³/mol. The molecule has 0 saturated heterocycles. The maximum Gasteiger partial charge on any atom is 0.254 e. The van der Waals surface area contributed by atoms with Crippen LogP contribution in [0.1, 0.15) is 34.5 Å². The summed E-state index contributed by atoms with van der Waals surface area (Å²) in [7, 11) is 0. The van der Waals surface area contributed by atoms with Gasteiger partial charge in [0.25, 0.3) is 5.91 Å². The highest BCUT2D eigenvalue weighted by molar-refractivity contribution is 5.94. The Morgan fingerprint density at radius 1 is 0.840 bits per heavy atom. The Labute approximate surface area is 147 Å². The number of amides is 1. The predicted octanol–water partition coefficient (Wildman–Crippen LogP) is 5.08. The van der Waals surface area contributed by atoms with E-state index in [1.54, 1.807) is 0 Å². The molecule has 0 heterocycles. The van der Waals surface area contributed by atoms with Gasteiger partial charge in [0, 0.05) is 12.1 Å².